The lowest BCUT2D eigenvalue weighted by Gasteiger charge is -2.09. The van der Waals surface area contributed by atoms with Gasteiger partial charge in [-0.15, -0.1) is 11.8 Å². The van der Waals surface area contributed by atoms with E-state index in [-0.39, 0.29) is 12.6 Å². The van der Waals surface area contributed by atoms with E-state index in [1.807, 2.05) is 0 Å². The van der Waals surface area contributed by atoms with Crippen LogP contribution in [0.25, 0.3) is 0 Å². The van der Waals surface area contributed by atoms with Gasteiger partial charge in [0.1, 0.15) is 0 Å². The van der Waals surface area contributed by atoms with Crippen LogP contribution >= 0.6 is 11.8 Å². The van der Waals surface area contributed by atoms with E-state index in [0.717, 1.165) is 5.75 Å². The maximum absolute atomic E-state index is 8.79. The van der Waals surface area contributed by atoms with Gasteiger partial charge < -0.3 is 10.8 Å². The summed E-state index contributed by atoms with van der Waals surface area (Å²) in [5.74, 6) is 1.33. The summed E-state index contributed by atoms with van der Waals surface area (Å²) in [5, 5.41) is 8.79. The highest BCUT2D eigenvalue weighted by molar-refractivity contribution is 7.99. The summed E-state index contributed by atoms with van der Waals surface area (Å²) in [6.07, 6.45) is 0. The molecule has 0 aromatic heterocycles. The minimum atomic E-state index is -0.125. The zero-order chi connectivity index (χ0) is 11.3. The fourth-order valence-corrected chi connectivity index (χ4v) is 2.05. The Morgan fingerprint density at radius 1 is 1.27 bits per heavy atom. The highest BCUT2D eigenvalue weighted by Gasteiger charge is 2.02. The highest BCUT2D eigenvalue weighted by atomic mass is 32.2. The molecule has 1 unspecified atom stereocenters. The van der Waals surface area contributed by atoms with E-state index in [1.165, 1.54) is 10.5 Å². The smallest absolute Gasteiger partial charge is 0.0590 e. The van der Waals surface area contributed by atoms with Gasteiger partial charge in [-0.25, -0.2) is 0 Å². The molecule has 0 amide bonds. The molecule has 0 aliphatic rings. The van der Waals surface area contributed by atoms with Crippen molar-refractivity contribution >= 4 is 11.8 Å². The second kappa shape index (κ2) is 6.16. The molecule has 0 spiro atoms. The molecule has 0 saturated carbocycles. The monoisotopic (exact) mass is 225 g/mol. The summed E-state index contributed by atoms with van der Waals surface area (Å²) in [6, 6.07) is 8.41. The molecule has 0 aliphatic carbocycles. The van der Waals surface area contributed by atoms with Gasteiger partial charge >= 0.3 is 0 Å². The minimum Gasteiger partial charge on any atom is -0.395 e. The molecule has 15 heavy (non-hydrogen) atoms. The van der Waals surface area contributed by atoms with E-state index in [9.17, 15) is 0 Å². The lowest BCUT2D eigenvalue weighted by Crippen LogP contribution is -2.26. The van der Waals surface area contributed by atoms with E-state index in [0.29, 0.717) is 5.92 Å². The lowest BCUT2D eigenvalue weighted by molar-refractivity contribution is 0.275. The van der Waals surface area contributed by atoms with Crippen molar-refractivity contribution in [3.8, 4) is 0 Å². The fraction of sp³-hybridized carbons (Fsp3) is 0.500. The van der Waals surface area contributed by atoms with Crippen LogP contribution in [0.5, 0.6) is 0 Å². The molecule has 0 aliphatic heterocycles. The quantitative estimate of drug-likeness (QED) is 0.755. The van der Waals surface area contributed by atoms with Crippen LogP contribution < -0.4 is 5.73 Å². The largest absolute Gasteiger partial charge is 0.395 e. The van der Waals surface area contributed by atoms with Crippen molar-refractivity contribution in [2.24, 2.45) is 5.73 Å². The number of rotatable bonds is 5. The Morgan fingerprint density at radius 2 is 1.87 bits per heavy atom. The number of hydrogen-bond donors (Lipinski definition) is 2. The lowest BCUT2D eigenvalue weighted by atomic mass is 10.0. The van der Waals surface area contributed by atoms with Gasteiger partial charge in [0, 0.05) is 16.7 Å². The van der Waals surface area contributed by atoms with Crippen LogP contribution in [0.4, 0.5) is 0 Å². The van der Waals surface area contributed by atoms with Gasteiger partial charge in [-0.2, -0.15) is 0 Å². The van der Waals surface area contributed by atoms with E-state index in [1.54, 1.807) is 11.8 Å². The molecule has 0 fully saturated rings. The molecule has 0 saturated heterocycles. The molecule has 1 rings (SSSR count). The average molecular weight is 225 g/mol. The fourth-order valence-electron chi connectivity index (χ4n) is 1.20. The maximum atomic E-state index is 8.79. The zero-order valence-corrected chi connectivity index (χ0v) is 10.1. The normalized spacial score (nSPS) is 13.1. The van der Waals surface area contributed by atoms with Gasteiger partial charge in [0.25, 0.3) is 0 Å². The Kier molecular flexibility index (Phi) is 5.15. The molecular weight excluding hydrogens is 206 g/mol. The van der Waals surface area contributed by atoms with Crippen LogP contribution in [0.1, 0.15) is 25.3 Å². The molecule has 3 N–H and O–H groups in total. The van der Waals surface area contributed by atoms with Crippen molar-refractivity contribution < 1.29 is 5.11 Å². The van der Waals surface area contributed by atoms with Gasteiger partial charge in [0.05, 0.1) is 6.61 Å². The van der Waals surface area contributed by atoms with Gasteiger partial charge in [-0.3, -0.25) is 0 Å². The van der Waals surface area contributed by atoms with E-state index in [2.05, 4.69) is 38.1 Å². The maximum Gasteiger partial charge on any atom is 0.0590 e. The van der Waals surface area contributed by atoms with Gasteiger partial charge in [0.15, 0.2) is 0 Å². The van der Waals surface area contributed by atoms with Gasteiger partial charge in [0.2, 0.25) is 0 Å². The summed E-state index contributed by atoms with van der Waals surface area (Å²) in [7, 11) is 0. The average Bonchev–Trinajstić information content (AvgIpc) is 2.26. The Morgan fingerprint density at radius 3 is 2.33 bits per heavy atom. The van der Waals surface area contributed by atoms with Crippen LogP contribution in [-0.4, -0.2) is 23.5 Å². The van der Waals surface area contributed by atoms with Crippen LogP contribution in [0.3, 0.4) is 0 Å². The molecular formula is C12H19NOS. The highest BCUT2D eigenvalue weighted by Crippen LogP contribution is 2.21. The molecule has 1 aromatic carbocycles. The van der Waals surface area contributed by atoms with Crippen LogP contribution in [0, 0.1) is 0 Å². The zero-order valence-electron chi connectivity index (χ0n) is 9.31. The number of thioether (sulfide) groups is 1. The predicted molar refractivity (Wildman–Crippen MR) is 66.3 cm³/mol. The van der Waals surface area contributed by atoms with Crippen LogP contribution in [0.15, 0.2) is 29.2 Å². The summed E-state index contributed by atoms with van der Waals surface area (Å²) in [4.78, 5) is 1.21. The second-order valence-electron chi connectivity index (χ2n) is 3.98. The third-order valence-electron chi connectivity index (χ3n) is 2.25. The first-order valence-electron chi connectivity index (χ1n) is 5.22. The van der Waals surface area contributed by atoms with Crippen molar-refractivity contribution in [2.75, 3.05) is 12.4 Å². The standard InChI is InChI=1S/C12H19NOS/c1-9(2)10-3-5-12(6-4-10)15-8-11(13)7-14/h3-6,9,11,14H,7-8,13H2,1-2H3. The summed E-state index contributed by atoms with van der Waals surface area (Å²) in [5.41, 5.74) is 6.98. The Bertz CT molecular complexity index is 284. The number of nitrogens with two attached hydrogens (primary N) is 1. The molecule has 0 radical (unpaired) electrons. The molecule has 84 valence electrons. The van der Waals surface area contributed by atoms with Gasteiger partial charge in [-0.1, -0.05) is 26.0 Å². The van der Waals surface area contributed by atoms with E-state index < -0.39 is 0 Å². The Labute approximate surface area is 95.9 Å². The SMILES string of the molecule is CC(C)c1ccc(SCC(N)CO)cc1. The minimum absolute atomic E-state index is 0.0527. The predicted octanol–water partition coefficient (Wildman–Crippen LogP) is 2.22. The molecule has 0 bridgehead atoms. The molecule has 1 atom stereocenters. The Hall–Kier alpha value is -0.510. The van der Waals surface area contributed by atoms with Crippen molar-refractivity contribution in [2.45, 2.75) is 30.7 Å². The molecule has 0 heterocycles. The van der Waals surface area contributed by atoms with Crippen LogP contribution in [0.2, 0.25) is 0 Å². The third-order valence-corrected chi connectivity index (χ3v) is 3.45. The first kappa shape index (κ1) is 12.6. The molecule has 1 aromatic rings. The first-order chi connectivity index (χ1) is 7.13. The summed E-state index contributed by atoms with van der Waals surface area (Å²) in [6.45, 7) is 4.42. The van der Waals surface area contributed by atoms with Gasteiger partial charge in [-0.05, 0) is 23.6 Å². The first-order valence-corrected chi connectivity index (χ1v) is 6.21. The topological polar surface area (TPSA) is 46.2 Å². The van der Waals surface area contributed by atoms with E-state index >= 15 is 0 Å². The van der Waals surface area contributed by atoms with Crippen molar-refractivity contribution in [1.29, 1.82) is 0 Å². The Balaban J connectivity index is 2.50. The number of aliphatic hydroxyl groups is 1. The summed E-state index contributed by atoms with van der Waals surface area (Å²) >= 11 is 1.69. The van der Waals surface area contributed by atoms with Crippen molar-refractivity contribution in [3.05, 3.63) is 29.8 Å². The number of aliphatic hydroxyl groups excluding tert-OH is 1. The van der Waals surface area contributed by atoms with E-state index in [4.69, 9.17) is 10.8 Å². The summed E-state index contributed by atoms with van der Waals surface area (Å²) < 4.78 is 0. The van der Waals surface area contributed by atoms with Crippen molar-refractivity contribution in [3.63, 3.8) is 0 Å². The van der Waals surface area contributed by atoms with Crippen LogP contribution in [-0.2, 0) is 0 Å². The molecule has 3 heteroatoms. The van der Waals surface area contributed by atoms with Crippen molar-refractivity contribution in [1.82, 2.24) is 0 Å². The number of benzene rings is 1. The number of hydrogen-bond acceptors (Lipinski definition) is 3. The molecule has 2 nitrogen and oxygen atoms in total. The third kappa shape index (κ3) is 4.24. The second-order valence-corrected chi connectivity index (χ2v) is 5.07.